The summed E-state index contributed by atoms with van der Waals surface area (Å²) < 4.78 is 6.16. The summed E-state index contributed by atoms with van der Waals surface area (Å²) in [6.45, 7) is 3.79. The van der Waals surface area contributed by atoms with Gasteiger partial charge >= 0.3 is 0 Å². The summed E-state index contributed by atoms with van der Waals surface area (Å²) in [5, 5.41) is 0. The highest BCUT2D eigenvalue weighted by Gasteiger charge is 2.16. The first kappa shape index (κ1) is 17.7. The molecule has 0 spiro atoms. The van der Waals surface area contributed by atoms with Crippen molar-refractivity contribution in [3.05, 3.63) is 71.3 Å². The van der Waals surface area contributed by atoms with Crippen LogP contribution in [0.4, 0.5) is 0 Å². The summed E-state index contributed by atoms with van der Waals surface area (Å²) in [6.07, 6.45) is 0.0114. The van der Waals surface area contributed by atoms with E-state index in [9.17, 15) is 0 Å². The number of halogens is 1. The fourth-order valence-corrected chi connectivity index (χ4v) is 2.23. The first-order valence-corrected chi connectivity index (χ1v) is 7.05. The smallest absolute Gasteiger partial charge is 0.108 e. The molecule has 0 radical (unpaired) electrons. The molecule has 2 aromatic rings. The van der Waals surface area contributed by atoms with Crippen molar-refractivity contribution < 1.29 is 4.74 Å². The van der Waals surface area contributed by atoms with Gasteiger partial charge in [0.1, 0.15) is 6.10 Å². The summed E-state index contributed by atoms with van der Waals surface area (Å²) in [5.74, 6) is 0. The maximum absolute atomic E-state index is 6.16. The Morgan fingerprint density at radius 2 is 1.57 bits per heavy atom. The van der Waals surface area contributed by atoms with Crippen molar-refractivity contribution in [3.8, 4) is 0 Å². The van der Waals surface area contributed by atoms with Gasteiger partial charge in [0.05, 0.1) is 6.61 Å². The summed E-state index contributed by atoms with van der Waals surface area (Å²) in [5.41, 5.74) is 3.73. The molecule has 0 N–H and O–H groups in total. The van der Waals surface area contributed by atoms with Gasteiger partial charge in [-0.05, 0) is 37.7 Å². The number of ether oxygens (including phenoxy) is 1. The summed E-state index contributed by atoms with van der Waals surface area (Å²) >= 11 is 0. The largest absolute Gasteiger partial charge is 0.367 e. The lowest BCUT2D eigenvalue weighted by molar-refractivity contribution is 0.0683. The van der Waals surface area contributed by atoms with E-state index in [1.54, 1.807) is 0 Å². The Balaban J connectivity index is 0.00000220. The normalized spacial score (nSPS) is 12.0. The van der Waals surface area contributed by atoms with E-state index < -0.39 is 0 Å². The highest BCUT2D eigenvalue weighted by atomic mass is 35.5. The number of benzene rings is 2. The van der Waals surface area contributed by atoms with Crippen LogP contribution in [0.15, 0.2) is 54.6 Å². The Labute approximate surface area is 134 Å². The molecule has 2 nitrogen and oxygen atoms in total. The van der Waals surface area contributed by atoms with Crippen LogP contribution in [-0.2, 0) is 4.74 Å². The van der Waals surface area contributed by atoms with E-state index in [-0.39, 0.29) is 18.5 Å². The second-order valence-corrected chi connectivity index (χ2v) is 5.32. The summed E-state index contributed by atoms with van der Waals surface area (Å²) in [6, 6.07) is 18.9. The molecule has 0 aliphatic rings. The van der Waals surface area contributed by atoms with Crippen LogP contribution in [0.2, 0.25) is 0 Å². The molecule has 0 aliphatic heterocycles. The molecule has 0 heterocycles. The average molecular weight is 306 g/mol. The standard InChI is InChI=1S/C18H23NO.ClH/c1-15-9-7-8-12-17(15)18(20-14-13-19(2)3)16-10-5-4-6-11-16;/h4-12,18H,13-14H2,1-3H3;1H. The van der Waals surface area contributed by atoms with Crippen molar-refractivity contribution in [2.75, 3.05) is 27.2 Å². The molecule has 3 heteroatoms. The Bertz CT molecular complexity index is 528. The second kappa shape index (κ2) is 8.83. The predicted molar refractivity (Wildman–Crippen MR) is 91.2 cm³/mol. The maximum Gasteiger partial charge on any atom is 0.108 e. The third-order valence-electron chi connectivity index (χ3n) is 3.40. The first-order valence-electron chi connectivity index (χ1n) is 7.05. The van der Waals surface area contributed by atoms with E-state index in [4.69, 9.17) is 4.74 Å². The lowest BCUT2D eigenvalue weighted by atomic mass is 9.97. The quantitative estimate of drug-likeness (QED) is 0.797. The van der Waals surface area contributed by atoms with Gasteiger partial charge in [0.25, 0.3) is 0 Å². The molecule has 0 aliphatic carbocycles. The van der Waals surface area contributed by atoms with Gasteiger partial charge in [-0.25, -0.2) is 0 Å². The zero-order valence-corrected chi connectivity index (χ0v) is 13.8. The summed E-state index contributed by atoms with van der Waals surface area (Å²) in [4.78, 5) is 2.14. The zero-order chi connectivity index (χ0) is 14.4. The first-order chi connectivity index (χ1) is 9.68. The van der Waals surface area contributed by atoms with Crippen LogP contribution < -0.4 is 0 Å². The van der Waals surface area contributed by atoms with Crippen LogP contribution >= 0.6 is 12.4 Å². The van der Waals surface area contributed by atoms with Gasteiger partial charge in [-0.15, -0.1) is 12.4 Å². The monoisotopic (exact) mass is 305 g/mol. The van der Waals surface area contributed by atoms with Crippen molar-refractivity contribution in [2.24, 2.45) is 0 Å². The molecule has 0 saturated carbocycles. The van der Waals surface area contributed by atoms with Gasteiger partial charge in [0.15, 0.2) is 0 Å². The van der Waals surface area contributed by atoms with Crippen molar-refractivity contribution in [1.29, 1.82) is 0 Å². The van der Waals surface area contributed by atoms with Crippen molar-refractivity contribution in [2.45, 2.75) is 13.0 Å². The minimum Gasteiger partial charge on any atom is -0.367 e. The number of rotatable bonds is 6. The minimum atomic E-state index is 0. The van der Waals surface area contributed by atoms with Gasteiger partial charge in [-0.1, -0.05) is 54.6 Å². The second-order valence-electron chi connectivity index (χ2n) is 5.32. The Morgan fingerprint density at radius 1 is 0.952 bits per heavy atom. The van der Waals surface area contributed by atoms with Crippen LogP contribution in [0, 0.1) is 6.92 Å². The van der Waals surface area contributed by atoms with E-state index >= 15 is 0 Å². The van der Waals surface area contributed by atoms with Gasteiger partial charge in [0.2, 0.25) is 0 Å². The molecule has 0 saturated heterocycles. The molecular weight excluding hydrogens is 282 g/mol. The van der Waals surface area contributed by atoms with E-state index in [1.807, 2.05) is 6.07 Å². The molecule has 0 aromatic heterocycles. The van der Waals surface area contributed by atoms with Crippen LogP contribution in [0.3, 0.4) is 0 Å². The fraction of sp³-hybridized carbons (Fsp3) is 0.333. The number of hydrogen-bond acceptors (Lipinski definition) is 2. The highest BCUT2D eigenvalue weighted by Crippen LogP contribution is 2.28. The average Bonchev–Trinajstić information content (AvgIpc) is 2.45. The highest BCUT2D eigenvalue weighted by molar-refractivity contribution is 5.85. The van der Waals surface area contributed by atoms with Crippen molar-refractivity contribution in [3.63, 3.8) is 0 Å². The van der Waals surface area contributed by atoms with Crippen molar-refractivity contribution in [1.82, 2.24) is 4.90 Å². The number of aryl methyl sites for hydroxylation is 1. The van der Waals surface area contributed by atoms with Crippen LogP contribution in [-0.4, -0.2) is 32.1 Å². The summed E-state index contributed by atoms with van der Waals surface area (Å²) in [7, 11) is 4.13. The van der Waals surface area contributed by atoms with E-state index in [0.29, 0.717) is 0 Å². The Hall–Kier alpha value is -1.35. The Kier molecular flexibility index (Phi) is 7.44. The topological polar surface area (TPSA) is 12.5 Å². The molecule has 1 unspecified atom stereocenters. The van der Waals surface area contributed by atoms with Gasteiger partial charge in [0, 0.05) is 6.54 Å². The molecular formula is C18H24ClNO. The van der Waals surface area contributed by atoms with Gasteiger partial charge in [-0.2, -0.15) is 0 Å². The van der Waals surface area contributed by atoms with E-state index in [0.717, 1.165) is 13.2 Å². The van der Waals surface area contributed by atoms with Crippen LogP contribution in [0.25, 0.3) is 0 Å². The molecule has 0 bridgehead atoms. The number of likely N-dealkylation sites (N-methyl/N-ethyl adjacent to an activating group) is 1. The lowest BCUT2D eigenvalue weighted by Crippen LogP contribution is -2.20. The third-order valence-corrected chi connectivity index (χ3v) is 3.40. The van der Waals surface area contributed by atoms with Crippen LogP contribution in [0.5, 0.6) is 0 Å². The fourth-order valence-electron chi connectivity index (χ4n) is 2.23. The zero-order valence-electron chi connectivity index (χ0n) is 13.0. The molecule has 114 valence electrons. The molecule has 0 fully saturated rings. The maximum atomic E-state index is 6.16. The molecule has 2 aromatic carbocycles. The van der Waals surface area contributed by atoms with Gasteiger partial charge in [-0.3, -0.25) is 0 Å². The number of nitrogens with zero attached hydrogens (tertiary/aromatic N) is 1. The molecule has 1 atom stereocenters. The lowest BCUT2D eigenvalue weighted by Gasteiger charge is -2.22. The Morgan fingerprint density at radius 3 is 2.19 bits per heavy atom. The molecule has 2 rings (SSSR count). The molecule has 21 heavy (non-hydrogen) atoms. The minimum absolute atomic E-state index is 0. The predicted octanol–water partition coefficient (Wildman–Crippen LogP) is 4.08. The van der Waals surface area contributed by atoms with Crippen molar-refractivity contribution >= 4 is 12.4 Å². The molecule has 0 amide bonds. The SMILES string of the molecule is Cc1ccccc1C(OCCN(C)C)c1ccccc1.Cl. The van der Waals surface area contributed by atoms with Crippen LogP contribution in [0.1, 0.15) is 22.8 Å². The number of hydrogen-bond donors (Lipinski definition) is 0. The third kappa shape index (κ3) is 5.16. The van der Waals surface area contributed by atoms with E-state index in [2.05, 4.69) is 74.4 Å². The van der Waals surface area contributed by atoms with Gasteiger partial charge < -0.3 is 9.64 Å². The van der Waals surface area contributed by atoms with E-state index in [1.165, 1.54) is 16.7 Å².